The Kier molecular flexibility index (Phi) is 4.09. The first-order chi connectivity index (χ1) is 9.08. The average Bonchev–Trinajstić information content (AvgIpc) is 3.21. The zero-order chi connectivity index (χ0) is 13.8. The third kappa shape index (κ3) is 3.74. The normalized spacial score (nSPS) is 14.0. The molecule has 19 heavy (non-hydrogen) atoms. The van der Waals surface area contributed by atoms with Crippen molar-refractivity contribution in [1.82, 2.24) is 10.6 Å². The highest BCUT2D eigenvalue weighted by molar-refractivity contribution is 5.94. The molecule has 4 nitrogen and oxygen atoms in total. The van der Waals surface area contributed by atoms with Crippen LogP contribution >= 0.6 is 0 Å². The van der Waals surface area contributed by atoms with E-state index in [1.165, 1.54) is 6.07 Å². The second-order valence-corrected chi connectivity index (χ2v) is 4.45. The predicted octanol–water partition coefficient (Wildman–Crippen LogP) is 1.22. The fourth-order valence-corrected chi connectivity index (χ4v) is 1.59. The van der Waals surface area contributed by atoms with E-state index >= 15 is 0 Å². The molecule has 1 aromatic carbocycles. The topological polar surface area (TPSA) is 58.2 Å². The maximum absolute atomic E-state index is 12.9. The van der Waals surface area contributed by atoms with Gasteiger partial charge >= 0.3 is 0 Å². The van der Waals surface area contributed by atoms with Gasteiger partial charge in [0.05, 0.1) is 0 Å². The Hall–Kier alpha value is -1.98. The van der Waals surface area contributed by atoms with Gasteiger partial charge in [0.1, 0.15) is 0 Å². The molecule has 6 heteroatoms. The third-order valence-electron chi connectivity index (χ3n) is 2.84. The Bertz CT molecular complexity index is 501. The van der Waals surface area contributed by atoms with E-state index in [9.17, 15) is 18.4 Å². The van der Waals surface area contributed by atoms with Gasteiger partial charge in [0.2, 0.25) is 5.91 Å². The summed E-state index contributed by atoms with van der Waals surface area (Å²) in [6.07, 6.45) is 1.85. The zero-order valence-electron chi connectivity index (χ0n) is 10.2. The molecule has 2 rings (SSSR count). The molecule has 0 spiro atoms. The van der Waals surface area contributed by atoms with Crippen LogP contribution in [0.25, 0.3) is 0 Å². The van der Waals surface area contributed by atoms with E-state index in [1.807, 2.05) is 0 Å². The number of hydrogen-bond donors (Lipinski definition) is 2. The quantitative estimate of drug-likeness (QED) is 0.789. The Morgan fingerprint density at radius 1 is 1.11 bits per heavy atom. The van der Waals surface area contributed by atoms with Gasteiger partial charge in [-0.25, -0.2) is 8.78 Å². The van der Waals surface area contributed by atoms with Crippen LogP contribution in [0.4, 0.5) is 8.78 Å². The number of carbonyl (C=O) groups excluding carboxylic acids is 2. The lowest BCUT2D eigenvalue weighted by Gasteiger charge is -2.07. The van der Waals surface area contributed by atoms with E-state index in [0.717, 1.165) is 25.0 Å². The number of amides is 2. The number of hydrogen-bond acceptors (Lipinski definition) is 2. The molecule has 2 N–H and O–H groups in total. The van der Waals surface area contributed by atoms with Crippen molar-refractivity contribution in [3.63, 3.8) is 0 Å². The number of nitrogens with one attached hydrogen (secondary N) is 2. The Morgan fingerprint density at radius 3 is 2.42 bits per heavy atom. The summed E-state index contributed by atoms with van der Waals surface area (Å²) in [4.78, 5) is 22.9. The maximum Gasteiger partial charge on any atom is 0.251 e. The van der Waals surface area contributed by atoms with Gasteiger partial charge in [-0.3, -0.25) is 9.59 Å². The summed E-state index contributed by atoms with van der Waals surface area (Å²) in [6.45, 7) is 0.570. The van der Waals surface area contributed by atoms with Crippen molar-refractivity contribution in [3.05, 3.63) is 35.4 Å². The molecule has 0 saturated heterocycles. The minimum absolute atomic E-state index is 0.00192. The fourth-order valence-electron chi connectivity index (χ4n) is 1.59. The van der Waals surface area contributed by atoms with Crippen molar-refractivity contribution in [2.45, 2.75) is 12.8 Å². The predicted molar refractivity (Wildman–Crippen MR) is 64.4 cm³/mol. The molecular formula is C13H14F2N2O2. The summed E-state index contributed by atoms with van der Waals surface area (Å²) >= 11 is 0. The third-order valence-corrected chi connectivity index (χ3v) is 2.84. The lowest BCUT2D eigenvalue weighted by molar-refractivity contribution is -0.122. The summed E-state index contributed by atoms with van der Waals surface area (Å²) in [5.74, 6) is -2.42. The molecule has 1 aliphatic carbocycles. The van der Waals surface area contributed by atoms with E-state index < -0.39 is 17.5 Å². The molecule has 1 fully saturated rings. The number of benzene rings is 1. The van der Waals surface area contributed by atoms with Crippen molar-refractivity contribution in [2.24, 2.45) is 5.92 Å². The Labute approximate surface area is 109 Å². The summed E-state index contributed by atoms with van der Waals surface area (Å²) in [5, 5.41) is 5.20. The van der Waals surface area contributed by atoms with Crippen LogP contribution in [-0.2, 0) is 4.79 Å². The standard InChI is InChI=1S/C13H14F2N2O2/c14-10-4-3-9(7-11(10)15)13(19)17-6-5-16-12(18)8-1-2-8/h3-4,7-8H,1-2,5-6H2,(H,16,18)(H,17,19). The molecule has 0 heterocycles. The van der Waals surface area contributed by atoms with Crippen LogP contribution in [0.1, 0.15) is 23.2 Å². The van der Waals surface area contributed by atoms with E-state index in [1.54, 1.807) is 0 Å². The molecule has 1 aromatic rings. The maximum atomic E-state index is 12.9. The molecule has 0 radical (unpaired) electrons. The van der Waals surface area contributed by atoms with Gasteiger partial charge in [0.25, 0.3) is 5.91 Å². The zero-order valence-corrected chi connectivity index (χ0v) is 10.2. The van der Waals surface area contributed by atoms with Crippen molar-refractivity contribution in [3.8, 4) is 0 Å². The first-order valence-corrected chi connectivity index (χ1v) is 6.09. The molecule has 0 aromatic heterocycles. The second kappa shape index (κ2) is 5.77. The van der Waals surface area contributed by atoms with Crippen molar-refractivity contribution < 1.29 is 18.4 Å². The summed E-state index contributed by atoms with van der Waals surface area (Å²) < 4.78 is 25.6. The molecule has 1 aliphatic rings. The Balaban J connectivity index is 1.74. The van der Waals surface area contributed by atoms with E-state index in [-0.39, 0.29) is 23.9 Å². The monoisotopic (exact) mass is 268 g/mol. The molecule has 0 atom stereocenters. The molecule has 0 aliphatic heterocycles. The van der Waals surface area contributed by atoms with E-state index in [0.29, 0.717) is 6.54 Å². The molecule has 2 amide bonds. The number of rotatable bonds is 5. The lowest BCUT2D eigenvalue weighted by atomic mass is 10.2. The van der Waals surface area contributed by atoms with Gasteiger partial charge in [-0.15, -0.1) is 0 Å². The van der Waals surface area contributed by atoms with Gasteiger partial charge < -0.3 is 10.6 Å². The van der Waals surface area contributed by atoms with Crippen molar-refractivity contribution in [2.75, 3.05) is 13.1 Å². The molecule has 102 valence electrons. The van der Waals surface area contributed by atoms with Gasteiger partial charge in [-0.1, -0.05) is 0 Å². The van der Waals surface area contributed by atoms with Crippen molar-refractivity contribution >= 4 is 11.8 Å². The first kappa shape index (κ1) is 13.5. The van der Waals surface area contributed by atoms with Crippen LogP contribution in [0.3, 0.4) is 0 Å². The van der Waals surface area contributed by atoms with E-state index in [4.69, 9.17) is 0 Å². The highest BCUT2D eigenvalue weighted by Gasteiger charge is 2.28. The van der Waals surface area contributed by atoms with Gasteiger partial charge in [0, 0.05) is 24.6 Å². The average molecular weight is 268 g/mol. The SMILES string of the molecule is O=C(NCCNC(=O)C1CC1)c1ccc(F)c(F)c1. The summed E-state index contributed by atoms with van der Waals surface area (Å²) in [6, 6.07) is 2.95. The first-order valence-electron chi connectivity index (χ1n) is 6.09. The largest absolute Gasteiger partial charge is 0.354 e. The van der Waals surface area contributed by atoms with Gasteiger partial charge in [-0.05, 0) is 31.0 Å². The van der Waals surface area contributed by atoms with Crippen LogP contribution in [0.2, 0.25) is 0 Å². The molecule has 0 bridgehead atoms. The molecule has 1 saturated carbocycles. The van der Waals surface area contributed by atoms with Crippen LogP contribution in [0, 0.1) is 17.6 Å². The van der Waals surface area contributed by atoms with Gasteiger partial charge in [0.15, 0.2) is 11.6 Å². The summed E-state index contributed by atoms with van der Waals surface area (Å²) in [5.41, 5.74) is 0.0485. The van der Waals surface area contributed by atoms with Crippen molar-refractivity contribution in [1.29, 1.82) is 0 Å². The highest BCUT2D eigenvalue weighted by atomic mass is 19.2. The number of halogens is 2. The second-order valence-electron chi connectivity index (χ2n) is 4.45. The fraction of sp³-hybridized carbons (Fsp3) is 0.385. The lowest BCUT2D eigenvalue weighted by Crippen LogP contribution is -2.35. The van der Waals surface area contributed by atoms with Crippen LogP contribution in [-0.4, -0.2) is 24.9 Å². The minimum Gasteiger partial charge on any atom is -0.354 e. The van der Waals surface area contributed by atoms with Crippen LogP contribution in [0.15, 0.2) is 18.2 Å². The smallest absolute Gasteiger partial charge is 0.251 e. The number of carbonyl (C=O) groups is 2. The van der Waals surface area contributed by atoms with Gasteiger partial charge in [-0.2, -0.15) is 0 Å². The summed E-state index contributed by atoms with van der Waals surface area (Å²) in [7, 11) is 0. The van der Waals surface area contributed by atoms with Crippen LogP contribution < -0.4 is 10.6 Å². The highest BCUT2D eigenvalue weighted by Crippen LogP contribution is 2.28. The minimum atomic E-state index is -1.06. The molecular weight excluding hydrogens is 254 g/mol. The Morgan fingerprint density at radius 2 is 1.79 bits per heavy atom. The molecule has 0 unspecified atom stereocenters. The van der Waals surface area contributed by atoms with E-state index in [2.05, 4.69) is 10.6 Å². The van der Waals surface area contributed by atoms with Crippen LogP contribution in [0.5, 0.6) is 0 Å².